The average molecular weight is 392 g/mol. The Morgan fingerprint density at radius 1 is 1.17 bits per heavy atom. The maximum Gasteiger partial charge on any atom is 0.336 e. The summed E-state index contributed by atoms with van der Waals surface area (Å²) in [5, 5.41) is 10.1. The van der Waals surface area contributed by atoms with Gasteiger partial charge in [-0.05, 0) is 55.3 Å². The van der Waals surface area contributed by atoms with Crippen molar-refractivity contribution in [3.05, 3.63) is 76.2 Å². The summed E-state index contributed by atoms with van der Waals surface area (Å²) in [6.07, 6.45) is 3.18. The molecule has 0 fully saturated rings. The molecule has 0 saturated heterocycles. The predicted octanol–water partition coefficient (Wildman–Crippen LogP) is 3.84. The molecule has 29 heavy (non-hydrogen) atoms. The molecule has 1 aliphatic heterocycles. The molecule has 1 aromatic heterocycles. The van der Waals surface area contributed by atoms with Crippen LogP contribution in [0.15, 0.2) is 63.8 Å². The summed E-state index contributed by atoms with van der Waals surface area (Å²) in [5.74, 6) is 0.301. The van der Waals surface area contributed by atoms with Gasteiger partial charge in [-0.3, -0.25) is 0 Å². The lowest BCUT2D eigenvalue weighted by Crippen LogP contribution is -2.43. The zero-order valence-electron chi connectivity index (χ0n) is 16.0. The molecule has 1 aliphatic rings. The lowest BCUT2D eigenvalue weighted by Gasteiger charge is -2.30. The van der Waals surface area contributed by atoms with Crippen LogP contribution in [0.4, 0.5) is 0 Å². The van der Waals surface area contributed by atoms with E-state index in [4.69, 9.17) is 13.9 Å². The fraction of sp³-hybridized carbons (Fsp3) is 0.217. The standard InChI is InChI=1S/C23H20O6/c1-23(2,29-22(26)9-5-14-3-7-17(24)8-4-14)20-12-16-11-15-6-10-21(25)28-18(15)13-19(16)27-20/h3-11,13,20,24H,12H2,1-2H3/t20-/m1/s1. The van der Waals surface area contributed by atoms with Crippen molar-refractivity contribution in [2.45, 2.75) is 32.0 Å². The Hall–Kier alpha value is -3.54. The third-order valence-corrected chi connectivity index (χ3v) is 4.92. The highest BCUT2D eigenvalue weighted by molar-refractivity contribution is 5.87. The van der Waals surface area contributed by atoms with Gasteiger partial charge >= 0.3 is 11.6 Å². The van der Waals surface area contributed by atoms with E-state index >= 15 is 0 Å². The van der Waals surface area contributed by atoms with Gasteiger partial charge in [-0.2, -0.15) is 0 Å². The van der Waals surface area contributed by atoms with Crippen LogP contribution in [0.3, 0.4) is 0 Å². The number of rotatable bonds is 4. The molecule has 0 saturated carbocycles. The summed E-state index contributed by atoms with van der Waals surface area (Å²) in [5.41, 5.74) is 0.920. The highest BCUT2D eigenvalue weighted by atomic mass is 16.6. The number of esters is 1. The first-order valence-electron chi connectivity index (χ1n) is 9.24. The number of hydrogen-bond acceptors (Lipinski definition) is 6. The number of carbonyl (C=O) groups is 1. The second-order valence-electron chi connectivity index (χ2n) is 7.51. The van der Waals surface area contributed by atoms with Crippen LogP contribution in [-0.4, -0.2) is 22.8 Å². The largest absolute Gasteiger partial charge is 0.508 e. The minimum absolute atomic E-state index is 0.163. The third-order valence-electron chi connectivity index (χ3n) is 4.92. The summed E-state index contributed by atoms with van der Waals surface area (Å²) in [7, 11) is 0. The van der Waals surface area contributed by atoms with Gasteiger partial charge < -0.3 is 19.0 Å². The van der Waals surface area contributed by atoms with Gasteiger partial charge in [0.25, 0.3) is 0 Å². The number of aromatic hydroxyl groups is 1. The van der Waals surface area contributed by atoms with Gasteiger partial charge in [0.1, 0.15) is 28.8 Å². The number of phenolic OH excluding ortho intramolecular Hbond substituents is 1. The second-order valence-corrected chi connectivity index (χ2v) is 7.51. The first-order chi connectivity index (χ1) is 13.8. The van der Waals surface area contributed by atoms with Crippen LogP contribution >= 0.6 is 0 Å². The second kappa shape index (κ2) is 7.13. The quantitative estimate of drug-likeness (QED) is 0.412. The molecule has 0 amide bonds. The molecule has 1 atom stereocenters. The summed E-state index contributed by atoms with van der Waals surface area (Å²) < 4.78 is 16.9. The van der Waals surface area contributed by atoms with E-state index in [9.17, 15) is 14.7 Å². The van der Waals surface area contributed by atoms with E-state index in [2.05, 4.69) is 0 Å². The first-order valence-corrected chi connectivity index (χ1v) is 9.24. The SMILES string of the molecule is CC(C)(OC(=O)C=Cc1ccc(O)cc1)[C@H]1Cc2cc3ccc(=O)oc3cc2O1. The number of fused-ring (bicyclic) bond motifs is 2. The molecule has 2 aromatic carbocycles. The van der Waals surface area contributed by atoms with Gasteiger partial charge in [-0.1, -0.05) is 12.1 Å². The van der Waals surface area contributed by atoms with E-state index in [1.54, 1.807) is 56.3 Å². The van der Waals surface area contributed by atoms with Crippen molar-refractivity contribution in [1.29, 1.82) is 0 Å². The van der Waals surface area contributed by atoms with Crippen LogP contribution in [0.2, 0.25) is 0 Å². The summed E-state index contributed by atoms with van der Waals surface area (Å²) in [4.78, 5) is 23.7. The monoisotopic (exact) mass is 392 g/mol. The van der Waals surface area contributed by atoms with Crippen molar-refractivity contribution >= 4 is 23.0 Å². The fourth-order valence-corrected chi connectivity index (χ4v) is 3.30. The smallest absolute Gasteiger partial charge is 0.336 e. The Kier molecular flexibility index (Phi) is 4.62. The van der Waals surface area contributed by atoms with Crippen LogP contribution in [0.5, 0.6) is 11.5 Å². The van der Waals surface area contributed by atoms with Crippen LogP contribution in [0, 0.1) is 0 Å². The highest BCUT2D eigenvalue weighted by Gasteiger charge is 2.39. The Labute approximate surface area is 167 Å². The van der Waals surface area contributed by atoms with Crippen LogP contribution in [0.25, 0.3) is 17.0 Å². The summed E-state index contributed by atoms with van der Waals surface area (Å²) in [6, 6.07) is 13.2. The molecule has 0 bridgehead atoms. The molecule has 3 aromatic rings. The molecule has 1 N–H and O–H groups in total. The van der Waals surface area contributed by atoms with E-state index in [1.165, 1.54) is 12.1 Å². The minimum atomic E-state index is -0.873. The Balaban J connectivity index is 1.47. The Bertz CT molecular complexity index is 1150. The van der Waals surface area contributed by atoms with Crippen LogP contribution in [-0.2, 0) is 16.0 Å². The predicted molar refractivity (Wildman–Crippen MR) is 108 cm³/mol. The van der Waals surface area contributed by atoms with Crippen LogP contribution < -0.4 is 10.4 Å². The first kappa shape index (κ1) is 18.8. The highest BCUT2D eigenvalue weighted by Crippen LogP contribution is 2.37. The number of carbonyl (C=O) groups excluding carboxylic acids is 1. The Morgan fingerprint density at radius 3 is 2.69 bits per heavy atom. The lowest BCUT2D eigenvalue weighted by molar-refractivity contribution is -0.158. The van der Waals surface area contributed by atoms with E-state index in [0.29, 0.717) is 17.8 Å². The molecule has 0 aliphatic carbocycles. The van der Waals surface area contributed by atoms with Crippen molar-refractivity contribution in [3.8, 4) is 11.5 Å². The van der Waals surface area contributed by atoms with Crippen molar-refractivity contribution in [2.24, 2.45) is 0 Å². The van der Waals surface area contributed by atoms with Crippen molar-refractivity contribution < 1.29 is 23.8 Å². The summed E-state index contributed by atoms with van der Waals surface area (Å²) in [6.45, 7) is 3.60. The maximum absolute atomic E-state index is 12.3. The van der Waals surface area contributed by atoms with E-state index in [-0.39, 0.29) is 11.9 Å². The third kappa shape index (κ3) is 4.01. The van der Waals surface area contributed by atoms with Crippen molar-refractivity contribution in [2.75, 3.05) is 0 Å². The zero-order chi connectivity index (χ0) is 20.6. The van der Waals surface area contributed by atoms with Crippen molar-refractivity contribution in [3.63, 3.8) is 0 Å². The van der Waals surface area contributed by atoms with Gasteiger partial charge in [-0.25, -0.2) is 9.59 Å². The number of ether oxygens (including phenoxy) is 2. The molecular weight excluding hydrogens is 372 g/mol. The molecule has 0 spiro atoms. The molecule has 2 heterocycles. The average Bonchev–Trinajstić information content (AvgIpc) is 3.09. The number of hydrogen-bond donors (Lipinski definition) is 1. The van der Waals surface area contributed by atoms with Crippen LogP contribution in [0.1, 0.15) is 25.0 Å². The molecule has 6 nitrogen and oxygen atoms in total. The minimum Gasteiger partial charge on any atom is -0.508 e. The molecule has 148 valence electrons. The molecule has 0 radical (unpaired) electrons. The molecule has 6 heteroatoms. The van der Waals surface area contributed by atoms with E-state index in [0.717, 1.165) is 16.5 Å². The molecule has 4 rings (SSSR count). The summed E-state index contributed by atoms with van der Waals surface area (Å²) >= 11 is 0. The van der Waals surface area contributed by atoms with Gasteiger partial charge in [0.05, 0.1) is 0 Å². The van der Waals surface area contributed by atoms with Gasteiger partial charge in [0.15, 0.2) is 0 Å². The normalized spacial score (nSPS) is 16.0. The topological polar surface area (TPSA) is 86.0 Å². The molecular formula is C23H20O6. The van der Waals surface area contributed by atoms with E-state index < -0.39 is 17.2 Å². The van der Waals surface area contributed by atoms with Gasteiger partial charge in [0, 0.05) is 30.0 Å². The number of phenols is 1. The Morgan fingerprint density at radius 2 is 1.93 bits per heavy atom. The maximum atomic E-state index is 12.3. The fourth-order valence-electron chi connectivity index (χ4n) is 3.30. The van der Waals surface area contributed by atoms with E-state index in [1.807, 2.05) is 6.07 Å². The van der Waals surface area contributed by atoms with Crippen molar-refractivity contribution in [1.82, 2.24) is 0 Å². The lowest BCUT2D eigenvalue weighted by atomic mass is 9.96. The van der Waals surface area contributed by atoms with Gasteiger partial charge in [0.2, 0.25) is 0 Å². The number of benzene rings is 2. The van der Waals surface area contributed by atoms with Gasteiger partial charge in [-0.15, -0.1) is 0 Å². The zero-order valence-corrected chi connectivity index (χ0v) is 16.0. The molecule has 0 unspecified atom stereocenters.